The summed E-state index contributed by atoms with van der Waals surface area (Å²) in [6.45, 7) is 4.28. The Hall–Kier alpha value is -1.36. The molecule has 20 heavy (non-hydrogen) atoms. The van der Waals surface area contributed by atoms with E-state index in [1.54, 1.807) is 0 Å². The van der Waals surface area contributed by atoms with E-state index in [0.717, 1.165) is 24.2 Å². The minimum absolute atomic E-state index is 0.105. The van der Waals surface area contributed by atoms with Crippen LogP contribution in [-0.2, 0) is 19.6 Å². The van der Waals surface area contributed by atoms with Gasteiger partial charge in [-0.1, -0.05) is 29.8 Å². The largest absolute Gasteiger partial charge is 0.347 e. The van der Waals surface area contributed by atoms with E-state index in [4.69, 9.17) is 11.6 Å². The van der Waals surface area contributed by atoms with Crippen molar-refractivity contribution >= 4 is 28.8 Å². The molecule has 1 aliphatic rings. The topological polar surface area (TPSA) is 41.1 Å². The highest BCUT2D eigenvalue weighted by Crippen LogP contribution is 2.27. The van der Waals surface area contributed by atoms with Gasteiger partial charge in [-0.15, -0.1) is 11.3 Å². The van der Waals surface area contributed by atoms with Crippen molar-refractivity contribution in [3.63, 3.8) is 0 Å². The van der Waals surface area contributed by atoms with Gasteiger partial charge in [0.15, 0.2) is 0 Å². The number of nitrogens with one attached hydrogen (secondary N) is 2. The minimum Gasteiger partial charge on any atom is -0.347 e. The van der Waals surface area contributed by atoms with Gasteiger partial charge in [0.1, 0.15) is 4.88 Å². The lowest BCUT2D eigenvalue weighted by atomic mass is 10.1. The number of fused-ring (bicyclic) bond motifs is 1. The summed E-state index contributed by atoms with van der Waals surface area (Å²) in [5, 5.41) is 8.70. The third-order valence-corrected chi connectivity index (χ3v) is 5.16. The quantitative estimate of drug-likeness (QED) is 0.914. The number of aryl methyl sites for hydroxylation is 1. The molecule has 3 rings (SSSR count). The van der Waals surface area contributed by atoms with Gasteiger partial charge in [0.2, 0.25) is 0 Å². The Labute approximate surface area is 127 Å². The molecular weight excluding hydrogens is 292 g/mol. The maximum absolute atomic E-state index is 12.1. The molecule has 0 spiro atoms. The highest BCUT2D eigenvalue weighted by molar-refractivity contribution is 7.13. The number of carbonyl (C=O) groups excluding carboxylic acids is 1. The fraction of sp³-hybridized carbons (Fsp3) is 0.267. The molecule has 0 unspecified atom stereocenters. The van der Waals surface area contributed by atoms with Crippen LogP contribution < -0.4 is 10.6 Å². The SMILES string of the molecule is Cc1csc(C(=O)NCc2ccc3c(c2)CNC3)c1Cl. The molecule has 2 aromatic rings. The second kappa shape index (κ2) is 5.56. The van der Waals surface area contributed by atoms with Gasteiger partial charge in [-0.3, -0.25) is 4.79 Å². The maximum Gasteiger partial charge on any atom is 0.263 e. The van der Waals surface area contributed by atoms with Gasteiger partial charge in [-0.05, 0) is 34.6 Å². The molecule has 1 amide bonds. The summed E-state index contributed by atoms with van der Waals surface area (Å²) in [5.74, 6) is -0.105. The molecule has 0 radical (unpaired) electrons. The molecular formula is C15H15ClN2OS. The second-order valence-corrected chi connectivity index (χ2v) is 6.21. The normalized spacial score (nSPS) is 13.3. The highest BCUT2D eigenvalue weighted by atomic mass is 35.5. The van der Waals surface area contributed by atoms with Crippen molar-refractivity contribution in [2.24, 2.45) is 0 Å². The van der Waals surface area contributed by atoms with Crippen molar-refractivity contribution in [1.82, 2.24) is 10.6 Å². The van der Waals surface area contributed by atoms with Gasteiger partial charge in [0.05, 0.1) is 5.02 Å². The fourth-order valence-electron chi connectivity index (χ4n) is 2.30. The molecule has 2 N–H and O–H groups in total. The average molecular weight is 307 g/mol. The van der Waals surface area contributed by atoms with Crippen molar-refractivity contribution in [3.05, 3.63) is 55.7 Å². The van der Waals surface area contributed by atoms with Crippen LogP contribution in [0.5, 0.6) is 0 Å². The maximum atomic E-state index is 12.1. The van der Waals surface area contributed by atoms with E-state index < -0.39 is 0 Å². The molecule has 1 aromatic heterocycles. The van der Waals surface area contributed by atoms with Gasteiger partial charge < -0.3 is 10.6 Å². The molecule has 104 valence electrons. The van der Waals surface area contributed by atoms with Crippen LogP contribution in [0.4, 0.5) is 0 Å². The predicted octanol–water partition coefficient (Wildman–Crippen LogP) is 3.24. The van der Waals surface area contributed by atoms with E-state index in [9.17, 15) is 4.79 Å². The van der Waals surface area contributed by atoms with Crippen LogP contribution in [0, 0.1) is 6.92 Å². The lowest BCUT2D eigenvalue weighted by Crippen LogP contribution is -2.22. The van der Waals surface area contributed by atoms with E-state index in [0.29, 0.717) is 16.4 Å². The monoisotopic (exact) mass is 306 g/mol. The summed E-state index contributed by atoms with van der Waals surface area (Å²) < 4.78 is 0. The zero-order chi connectivity index (χ0) is 14.1. The Morgan fingerprint density at radius 1 is 1.40 bits per heavy atom. The molecule has 1 aromatic carbocycles. The zero-order valence-corrected chi connectivity index (χ0v) is 12.7. The van der Waals surface area contributed by atoms with Crippen molar-refractivity contribution in [1.29, 1.82) is 0 Å². The highest BCUT2D eigenvalue weighted by Gasteiger charge is 2.15. The Bertz CT molecular complexity index is 666. The molecule has 0 aliphatic carbocycles. The Morgan fingerprint density at radius 3 is 2.95 bits per heavy atom. The summed E-state index contributed by atoms with van der Waals surface area (Å²) >= 11 is 7.49. The first-order valence-electron chi connectivity index (χ1n) is 6.48. The number of carbonyl (C=O) groups is 1. The number of benzene rings is 1. The summed E-state index contributed by atoms with van der Waals surface area (Å²) in [5.41, 5.74) is 4.73. The van der Waals surface area contributed by atoms with Crippen LogP contribution in [0.2, 0.25) is 5.02 Å². The van der Waals surface area contributed by atoms with Gasteiger partial charge in [0, 0.05) is 19.6 Å². The standard InChI is InChI=1S/C15H15ClN2OS/c1-9-8-20-14(13(9)16)15(19)18-5-10-2-3-11-6-17-7-12(11)4-10/h2-4,8,17H,5-7H2,1H3,(H,18,19). The lowest BCUT2D eigenvalue weighted by molar-refractivity contribution is 0.0955. The number of hydrogen-bond acceptors (Lipinski definition) is 3. The van der Waals surface area contributed by atoms with Crippen molar-refractivity contribution in [3.8, 4) is 0 Å². The number of thiophene rings is 1. The molecule has 2 heterocycles. The molecule has 1 aliphatic heterocycles. The number of hydrogen-bond donors (Lipinski definition) is 2. The van der Waals surface area contributed by atoms with Crippen LogP contribution >= 0.6 is 22.9 Å². The molecule has 0 atom stereocenters. The van der Waals surface area contributed by atoms with Gasteiger partial charge in [-0.25, -0.2) is 0 Å². The van der Waals surface area contributed by atoms with Crippen LogP contribution in [0.25, 0.3) is 0 Å². The van der Waals surface area contributed by atoms with Gasteiger partial charge in [-0.2, -0.15) is 0 Å². The Balaban J connectivity index is 1.67. The fourth-order valence-corrected chi connectivity index (χ4v) is 3.50. The van der Waals surface area contributed by atoms with Crippen molar-refractivity contribution in [2.45, 2.75) is 26.6 Å². The van der Waals surface area contributed by atoms with Crippen LogP contribution in [0.3, 0.4) is 0 Å². The predicted molar refractivity (Wildman–Crippen MR) is 82.2 cm³/mol. The summed E-state index contributed by atoms with van der Waals surface area (Å²) in [7, 11) is 0. The van der Waals surface area contributed by atoms with Crippen LogP contribution in [0.15, 0.2) is 23.6 Å². The number of amides is 1. The first-order valence-corrected chi connectivity index (χ1v) is 7.74. The van der Waals surface area contributed by atoms with E-state index in [1.165, 1.54) is 22.5 Å². The molecule has 5 heteroatoms. The van der Waals surface area contributed by atoms with Gasteiger partial charge >= 0.3 is 0 Å². The third kappa shape index (κ3) is 2.59. The first kappa shape index (κ1) is 13.6. The number of halogens is 1. The van der Waals surface area contributed by atoms with E-state index in [1.807, 2.05) is 12.3 Å². The minimum atomic E-state index is -0.105. The number of rotatable bonds is 3. The molecule has 3 nitrogen and oxygen atoms in total. The lowest BCUT2D eigenvalue weighted by Gasteiger charge is -2.06. The Morgan fingerprint density at radius 2 is 2.20 bits per heavy atom. The molecule has 0 saturated heterocycles. The molecule has 0 bridgehead atoms. The van der Waals surface area contributed by atoms with Crippen molar-refractivity contribution < 1.29 is 4.79 Å². The first-order chi connectivity index (χ1) is 9.65. The van der Waals surface area contributed by atoms with E-state index >= 15 is 0 Å². The smallest absolute Gasteiger partial charge is 0.263 e. The van der Waals surface area contributed by atoms with E-state index in [-0.39, 0.29) is 5.91 Å². The van der Waals surface area contributed by atoms with Gasteiger partial charge in [0.25, 0.3) is 5.91 Å². The Kier molecular flexibility index (Phi) is 3.78. The summed E-state index contributed by atoms with van der Waals surface area (Å²) in [6.07, 6.45) is 0. The van der Waals surface area contributed by atoms with Crippen molar-refractivity contribution in [2.75, 3.05) is 0 Å². The summed E-state index contributed by atoms with van der Waals surface area (Å²) in [6, 6.07) is 6.34. The average Bonchev–Trinajstić information content (AvgIpc) is 3.03. The summed E-state index contributed by atoms with van der Waals surface area (Å²) in [4.78, 5) is 12.7. The second-order valence-electron chi connectivity index (χ2n) is 4.95. The van der Waals surface area contributed by atoms with E-state index in [2.05, 4.69) is 28.8 Å². The zero-order valence-electron chi connectivity index (χ0n) is 11.1. The van der Waals surface area contributed by atoms with Crippen LogP contribution in [-0.4, -0.2) is 5.91 Å². The third-order valence-electron chi connectivity index (χ3n) is 3.46. The molecule has 0 fully saturated rings. The van der Waals surface area contributed by atoms with Crippen LogP contribution in [0.1, 0.15) is 31.9 Å². The molecule has 0 saturated carbocycles.